The molecule has 0 saturated carbocycles. The van der Waals surface area contributed by atoms with Crippen LogP contribution >= 0.6 is 0 Å². The van der Waals surface area contributed by atoms with Gasteiger partial charge in [0.25, 0.3) is 5.91 Å². The average Bonchev–Trinajstić information content (AvgIpc) is 3.27. The number of pyridine rings is 2. The molecule has 142 valence electrons. The second-order valence-electron chi connectivity index (χ2n) is 6.91. The van der Waals surface area contributed by atoms with Crippen molar-refractivity contribution in [3.8, 4) is 0 Å². The minimum atomic E-state index is -0.0930. The van der Waals surface area contributed by atoms with Gasteiger partial charge in [0.2, 0.25) is 0 Å². The first kappa shape index (κ1) is 17.7. The zero-order valence-electron chi connectivity index (χ0n) is 15.4. The highest BCUT2D eigenvalue weighted by Crippen LogP contribution is 2.17. The van der Waals surface area contributed by atoms with Crippen molar-refractivity contribution < 1.29 is 9.53 Å². The molecular weight excluding hydrogens is 342 g/mol. The van der Waals surface area contributed by atoms with E-state index in [2.05, 4.69) is 25.1 Å². The second-order valence-corrected chi connectivity index (χ2v) is 6.91. The molecule has 7 nitrogen and oxygen atoms in total. The van der Waals surface area contributed by atoms with Crippen LogP contribution in [0.4, 0.5) is 11.6 Å². The summed E-state index contributed by atoms with van der Waals surface area (Å²) in [6.07, 6.45) is 5.72. The van der Waals surface area contributed by atoms with E-state index in [4.69, 9.17) is 4.74 Å². The van der Waals surface area contributed by atoms with Gasteiger partial charge in [0.1, 0.15) is 11.6 Å². The molecule has 0 bridgehead atoms. The van der Waals surface area contributed by atoms with Gasteiger partial charge >= 0.3 is 0 Å². The predicted octanol–water partition coefficient (Wildman–Crippen LogP) is 1.71. The Balaban J connectivity index is 1.29. The molecule has 1 N–H and O–H groups in total. The van der Waals surface area contributed by atoms with Gasteiger partial charge in [-0.15, -0.1) is 0 Å². The molecule has 1 amide bonds. The zero-order chi connectivity index (χ0) is 18.5. The number of anilines is 2. The number of hydrogen-bond acceptors (Lipinski definition) is 6. The van der Waals surface area contributed by atoms with Crippen LogP contribution in [0.5, 0.6) is 0 Å². The van der Waals surface area contributed by atoms with Crippen LogP contribution in [0, 0.1) is 0 Å². The topological polar surface area (TPSA) is 70.6 Å². The number of carbonyl (C=O) groups is 1. The lowest BCUT2D eigenvalue weighted by molar-refractivity contribution is 0.0857. The molecule has 4 rings (SSSR count). The lowest BCUT2D eigenvalue weighted by Gasteiger charge is -2.36. The summed E-state index contributed by atoms with van der Waals surface area (Å²) in [4.78, 5) is 25.7. The largest absolute Gasteiger partial charge is 0.376 e. The molecule has 0 aliphatic carbocycles. The lowest BCUT2D eigenvalue weighted by atomic mass is 10.2. The standard InChI is InChI=1S/C20H25N5O2/c26-20(23-15-17-4-3-13-27-17)16-6-7-19(22-14-16)25-11-9-24(10-12-25)18-5-1-2-8-21-18/h1-2,5-8,14,17H,3-4,9-13,15H2,(H,23,26). The van der Waals surface area contributed by atoms with Crippen molar-refractivity contribution in [2.24, 2.45) is 0 Å². The SMILES string of the molecule is O=C(NCC1CCCO1)c1ccc(N2CCN(c3ccccn3)CC2)nc1. The first-order chi connectivity index (χ1) is 13.3. The van der Waals surface area contributed by atoms with Crippen LogP contribution in [0.1, 0.15) is 23.2 Å². The summed E-state index contributed by atoms with van der Waals surface area (Å²) >= 11 is 0. The number of rotatable bonds is 5. The number of aromatic nitrogens is 2. The fourth-order valence-electron chi connectivity index (χ4n) is 3.53. The molecule has 2 saturated heterocycles. The Morgan fingerprint density at radius 3 is 2.44 bits per heavy atom. The number of nitrogens with zero attached hydrogens (tertiary/aromatic N) is 4. The van der Waals surface area contributed by atoms with Crippen molar-refractivity contribution >= 4 is 17.5 Å². The molecule has 2 aliphatic rings. The molecule has 4 heterocycles. The normalized spacial score (nSPS) is 19.9. The summed E-state index contributed by atoms with van der Waals surface area (Å²) in [6.45, 7) is 4.94. The highest BCUT2D eigenvalue weighted by Gasteiger charge is 2.20. The Bertz CT molecular complexity index is 739. The van der Waals surface area contributed by atoms with Crippen LogP contribution in [0.15, 0.2) is 42.7 Å². The monoisotopic (exact) mass is 367 g/mol. The van der Waals surface area contributed by atoms with Gasteiger partial charge in [0, 0.05) is 51.7 Å². The molecule has 7 heteroatoms. The Labute approximate surface area is 159 Å². The maximum atomic E-state index is 12.3. The Morgan fingerprint density at radius 2 is 1.85 bits per heavy atom. The van der Waals surface area contributed by atoms with Crippen molar-refractivity contribution in [3.63, 3.8) is 0 Å². The van der Waals surface area contributed by atoms with E-state index in [0.717, 1.165) is 57.3 Å². The van der Waals surface area contributed by atoms with Crippen LogP contribution in [0.3, 0.4) is 0 Å². The zero-order valence-corrected chi connectivity index (χ0v) is 15.4. The molecule has 1 atom stereocenters. The van der Waals surface area contributed by atoms with E-state index in [9.17, 15) is 4.79 Å². The maximum absolute atomic E-state index is 12.3. The summed E-state index contributed by atoms with van der Waals surface area (Å²) in [5.41, 5.74) is 0.587. The van der Waals surface area contributed by atoms with Crippen molar-refractivity contribution in [2.75, 3.05) is 49.1 Å². The highest BCUT2D eigenvalue weighted by atomic mass is 16.5. The van der Waals surface area contributed by atoms with Gasteiger partial charge in [-0.1, -0.05) is 6.07 Å². The van der Waals surface area contributed by atoms with Crippen LogP contribution < -0.4 is 15.1 Å². The molecule has 0 radical (unpaired) electrons. The fourth-order valence-corrected chi connectivity index (χ4v) is 3.53. The van der Waals surface area contributed by atoms with Gasteiger partial charge in [-0.05, 0) is 37.1 Å². The van der Waals surface area contributed by atoms with Gasteiger partial charge in [-0.25, -0.2) is 9.97 Å². The van der Waals surface area contributed by atoms with Gasteiger partial charge in [0.15, 0.2) is 0 Å². The highest BCUT2D eigenvalue weighted by molar-refractivity contribution is 5.94. The van der Waals surface area contributed by atoms with E-state index in [1.807, 2.05) is 36.5 Å². The number of hydrogen-bond donors (Lipinski definition) is 1. The predicted molar refractivity (Wildman–Crippen MR) is 104 cm³/mol. The van der Waals surface area contributed by atoms with E-state index in [0.29, 0.717) is 12.1 Å². The summed E-state index contributed by atoms with van der Waals surface area (Å²) in [7, 11) is 0. The van der Waals surface area contributed by atoms with Gasteiger partial charge in [-0.3, -0.25) is 4.79 Å². The smallest absolute Gasteiger partial charge is 0.252 e. The second kappa shape index (κ2) is 8.35. The number of amides is 1. The van der Waals surface area contributed by atoms with Crippen LogP contribution in [0.2, 0.25) is 0 Å². The first-order valence-corrected chi connectivity index (χ1v) is 9.56. The third-order valence-electron chi connectivity index (χ3n) is 5.10. The van der Waals surface area contributed by atoms with Crippen molar-refractivity contribution in [3.05, 3.63) is 48.3 Å². The van der Waals surface area contributed by atoms with E-state index in [1.165, 1.54) is 0 Å². The molecule has 2 aromatic heterocycles. The van der Waals surface area contributed by atoms with E-state index < -0.39 is 0 Å². The molecular formula is C20H25N5O2. The van der Waals surface area contributed by atoms with E-state index >= 15 is 0 Å². The van der Waals surface area contributed by atoms with Gasteiger partial charge in [-0.2, -0.15) is 0 Å². The molecule has 1 unspecified atom stereocenters. The van der Waals surface area contributed by atoms with Crippen molar-refractivity contribution in [1.29, 1.82) is 0 Å². The van der Waals surface area contributed by atoms with Crippen LogP contribution in [-0.4, -0.2) is 61.3 Å². The third kappa shape index (κ3) is 4.36. The number of piperazine rings is 1. The Hall–Kier alpha value is -2.67. The van der Waals surface area contributed by atoms with E-state index in [-0.39, 0.29) is 12.0 Å². The summed E-state index contributed by atoms with van der Waals surface area (Å²) in [5, 5.41) is 2.93. The first-order valence-electron chi connectivity index (χ1n) is 9.56. The number of carbonyl (C=O) groups excluding carboxylic acids is 1. The van der Waals surface area contributed by atoms with E-state index in [1.54, 1.807) is 6.20 Å². The quantitative estimate of drug-likeness (QED) is 0.868. The molecule has 0 aromatic carbocycles. The summed E-state index contributed by atoms with van der Waals surface area (Å²) in [5.74, 6) is 1.83. The van der Waals surface area contributed by atoms with Crippen molar-refractivity contribution in [2.45, 2.75) is 18.9 Å². The molecule has 2 aromatic rings. The molecule has 2 fully saturated rings. The average molecular weight is 367 g/mol. The van der Waals surface area contributed by atoms with Crippen molar-refractivity contribution in [1.82, 2.24) is 15.3 Å². The minimum Gasteiger partial charge on any atom is -0.376 e. The Kier molecular flexibility index (Phi) is 5.48. The summed E-state index contributed by atoms with van der Waals surface area (Å²) < 4.78 is 5.53. The third-order valence-corrected chi connectivity index (χ3v) is 5.10. The van der Waals surface area contributed by atoms with Gasteiger partial charge < -0.3 is 19.9 Å². The maximum Gasteiger partial charge on any atom is 0.252 e. The number of nitrogens with one attached hydrogen (secondary N) is 1. The number of ether oxygens (including phenoxy) is 1. The minimum absolute atomic E-state index is 0.0930. The lowest BCUT2D eigenvalue weighted by Crippen LogP contribution is -2.47. The van der Waals surface area contributed by atoms with Crippen LogP contribution in [-0.2, 0) is 4.74 Å². The van der Waals surface area contributed by atoms with Crippen LogP contribution in [0.25, 0.3) is 0 Å². The molecule has 0 spiro atoms. The molecule has 2 aliphatic heterocycles. The van der Waals surface area contributed by atoms with Gasteiger partial charge in [0.05, 0.1) is 11.7 Å². The fraction of sp³-hybridized carbons (Fsp3) is 0.450. The summed E-state index contributed by atoms with van der Waals surface area (Å²) in [6, 6.07) is 9.76. The molecule has 27 heavy (non-hydrogen) atoms. The Morgan fingerprint density at radius 1 is 1.07 bits per heavy atom.